The highest BCUT2D eigenvalue weighted by atomic mass is 19.2. The van der Waals surface area contributed by atoms with Gasteiger partial charge in [-0.1, -0.05) is 6.08 Å². The third kappa shape index (κ3) is 3.03. The van der Waals surface area contributed by atoms with Gasteiger partial charge in [-0.2, -0.15) is 0 Å². The molecule has 2 aromatic carbocycles. The van der Waals surface area contributed by atoms with Crippen LogP contribution in [0.5, 0.6) is 5.75 Å². The van der Waals surface area contributed by atoms with Crippen LogP contribution in [-0.2, 0) is 0 Å². The van der Waals surface area contributed by atoms with Crippen molar-refractivity contribution in [2.45, 2.75) is 51.4 Å². The van der Waals surface area contributed by atoms with E-state index in [4.69, 9.17) is 4.74 Å². The molecule has 4 heteroatoms. The molecule has 0 aliphatic heterocycles. The standard InChI is InChI=1S/C24H25F3O/c1-3-5-6-14-7-9-15(10-8-14)17-13-18-16-11-12-19(28-4-2)23(26)20(16)21(18)24(27)22(17)25/h3,11-15H,1,4-10H2,2H3. The van der Waals surface area contributed by atoms with Gasteiger partial charge in [0, 0.05) is 11.1 Å². The molecule has 1 saturated carbocycles. The summed E-state index contributed by atoms with van der Waals surface area (Å²) in [6.07, 6.45) is 7.84. The molecular weight excluding hydrogens is 361 g/mol. The maximum absolute atomic E-state index is 14.9. The summed E-state index contributed by atoms with van der Waals surface area (Å²) in [5, 5.41) is 0. The minimum Gasteiger partial charge on any atom is -0.491 e. The average Bonchev–Trinajstić information content (AvgIpc) is 2.69. The van der Waals surface area contributed by atoms with Gasteiger partial charge in [-0.25, -0.2) is 13.2 Å². The van der Waals surface area contributed by atoms with Crippen LogP contribution in [0.1, 0.15) is 56.9 Å². The summed E-state index contributed by atoms with van der Waals surface area (Å²) in [4.78, 5) is 0. The van der Waals surface area contributed by atoms with Crippen LogP contribution in [0.4, 0.5) is 13.2 Å². The third-order valence-corrected chi connectivity index (χ3v) is 6.25. The summed E-state index contributed by atoms with van der Waals surface area (Å²) < 4.78 is 49.7. The Labute approximate surface area is 164 Å². The van der Waals surface area contributed by atoms with Crippen molar-refractivity contribution in [1.29, 1.82) is 0 Å². The van der Waals surface area contributed by atoms with Crippen molar-refractivity contribution in [3.8, 4) is 28.0 Å². The molecule has 4 rings (SSSR count). The van der Waals surface area contributed by atoms with Gasteiger partial charge in [0.05, 0.1) is 6.61 Å². The highest BCUT2D eigenvalue weighted by Crippen LogP contribution is 2.54. The van der Waals surface area contributed by atoms with Gasteiger partial charge in [0.2, 0.25) is 0 Å². The molecule has 2 aliphatic rings. The first kappa shape index (κ1) is 19.1. The monoisotopic (exact) mass is 386 g/mol. The fourth-order valence-corrected chi connectivity index (χ4v) is 4.75. The maximum Gasteiger partial charge on any atom is 0.173 e. The maximum atomic E-state index is 14.9. The molecule has 1 nitrogen and oxygen atoms in total. The van der Waals surface area contributed by atoms with E-state index in [1.54, 1.807) is 25.1 Å². The van der Waals surface area contributed by atoms with Crippen LogP contribution in [-0.4, -0.2) is 6.61 Å². The predicted molar refractivity (Wildman–Crippen MR) is 106 cm³/mol. The Hall–Kier alpha value is -2.23. The Bertz CT molecular complexity index is 911. The van der Waals surface area contributed by atoms with Gasteiger partial charge in [-0.05, 0) is 92.2 Å². The molecule has 0 atom stereocenters. The highest BCUT2D eigenvalue weighted by Gasteiger charge is 2.36. The minimum absolute atomic E-state index is 0.0244. The summed E-state index contributed by atoms with van der Waals surface area (Å²) in [5.41, 5.74) is 1.88. The fraction of sp³-hybridized carbons (Fsp3) is 0.417. The molecule has 0 amide bonds. The van der Waals surface area contributed by atoms with Crippen molar-refractivity contribution < 1.29 is 17.9 Å². The van der Waals surface area contributed by atoms with E-state index in [1.165, 1.54) is 0 Å². The lowest BCUT2D eigenvalue weighted by atomic mass is 9.73. The first-order valence-corrected chi connectivity index (χ1v) is 10.2. The van der Waals surface area contributed by atoms with E-state index in [0.29, 0.717) is 29.2 Å². The van der Waals surface area contributed by atoms with Crippen molar-refractivity contribution in [2.75, 3.05) is 6.61 Å². The Morgan fingerprint density at radius 2 is 1.71 bits per heavy atom. The molecule has 0 unspecified atom stereocenters. The molecule has 0 N–H and O–H groups in total. The smallest absolute Gasteiger partial charge is 0.173 e. The van der Waals surface area contributed by atoms with Crippen molar-refractivity contribution in [2.24, 2.45) is 5.92 Å². The SMILES string of the molecule is C=CCCC1CCC(c2cc3c(c(F)c2F)-c2c-3ccc(OCC)c2F)CC1. The average molecular weight is 386 g/mol. The Balaban J connectivity index is 1.62. The van der Waals surface area contributed by atoms with E-state index in [-0.39, 0.29) is 22.8 Å². The van der Waals surface area contributed by atoms with Crippen molar-refractivity contribution >= 4 is 0 Å². The van der Waals surface area contributed by atoms with Gasteiger partial charge in [0.25, 0.3) is 0 Å². The number of hydrogen-bond donors (Lipinski definition) is 0. The zero-order chi connectivity index (χ0) is 19.8. The van der Waals surface area contributed by atoms with E-state index in [1.807, 2.05) is 6.08 Å². The number of rotatable bonds is 6. The molecule has 0 aromatic heterocycles. The zero-order valence-corrected chi connectivity index (χ0v) is 16.2. The largest absolute Gasteiger partial charge is 0.491 e. The lowest BCUT2D eigenvalue weighted by Crippen LogP contribution is -2.17. The van der Waals surface area contributed by atoms with E-state index in [2.05, 4.69) is 6.58 Å². The highest BCUT2D eigenvalue weighted by molar-refractivity contribution is 6.03. The van der Waals surface area contributed by atoms with Crippen LogP contribution >= 0.6 is 0 Å². The van der Waals surface area contributed by atoms with Gasteiger partial charge in [0.15, 0.2) is 23.2 Å². The molecule has 0 saturated heterocycles. The summed E-state index contributed by atoms with van der Waals surface area (Å²) >= 11 is 0. The Morgan fingerprint density at radius 3 is 2.39 bits per heavy atom. The second kappa shape index (κ2) is 7.65. The van der Waals surface area contributed by atoms with Gasteiger partial charge in [-0.3, -0.25) is 0 Å². The van der Waals surface area contributed by atoms with Crippen LogP contribution in [0.3, 0.4) is 0 Å². The molecule has 0 spiro atoms. The van der Waals surface area contributed by atoms with E-state index < -0.39 is 17.5 Å². The fourth-order valence-electron chi connectivity index (χ4n) is 4.75. The van der Waals surface area contributed by atoms with Gasteiger partial charge < -0.3 is 4.74 Å². The van der Waals surface area contributed by atoms with Crippen LogP contribution in [0, 0.1) is 23.4 Å². The summed E-state index contributed by atoms with van der Waals surface area (Å²) in [6.45, 7) is 5.84. The second-order valence-electron chi connectivity index (χ2n) is 7.83. The number of allylic oxidation sites excluding steroid dienone is 1. The zero-order valence-electron chi connectivity index (χ0n) is 16.2. The molecule has 0 radical (unpaired) electrons. The number of fused-ring (bicyclic) bond motifs is 4. The van der Waals surface area contributed by atoms with Crippen LogP contribution in [0.25, 0.3) is 22.3 Å². The molecule has 2 aliphatic carbocycles. The van der Waals surface area contributed by atoms with Gasteiger partial charge in [0.1, 0.15) is 0 Å². The quantitative estimate of drug-likeness (QED) is 0.401. The normalized spacial score (nSPS) is 20.1. The first-order valence-electron chi connectivity index (χ1n) is 10.2. The van der Waals surface area contributed by atoms with Crippen LogP contribution < -0.4 is 4.74 Å². The molecule has 28 heavy (non-hydrogen) atoms. The number of hydrogen-bond acceptors (Lipinski definition) is 1. The summed E-state index contributed by atoms with van der Waals surface area (Å²) in [7, 11) is 0. The van der Waals surface area contributed by atoms with Crippen LogP contribution in [0.15, 0.2) is 30.9 Å². The molecular formula is C24H25F3O. The Morgan fingerprint density at radius 1 is 1.00 bits per heavy atom. The van der Waals surface area contributed by atoms with Crippen molar-refractivity contribution in [3.63, 3.8) is 0 Å². The third-order valence-electron chi connectivity index (χ3n) is 6.25. The lowest BCUT2D eigenvalue weighted by Gasteiger charge is -2.32. The van der Waals surface area contributed by atoms with Crippen LogP contribution in [0.2, 0.25) is 0 Å². The molecule has 2 aromatic rings. The Kier molecular flexibility index (Phi) is 5.22. The topological polar surface area (TPSA) is 9.23 Å². The van der Waals surface area contributed by atoms with Crippen molar-refractivity contribution in [1.82, 2.24) is 0 Å². The van der Waals surface area contributed by atoms with Gasteiger partial charge in [-0.15, -0.1) is 6.58 Å². The predicted octanol–water partition coefficient (Wildman–Crippen LogP) is 7.39. The molecule has 1 fully saturated rings. The lowest BCUT2D eigenvalue weighted by molar-refractivity contribution is 0.306. The molecule has 0 heterocycles. The second-order valence-corrected chi connectivity index (χ2v) is 7.83. The van der Waals surface area contributed by atoms with E-state index >= 15 is 0 Å². The first-order chi connectivity index (χ1) is 13.6. The minimum atomic E-state index is -0.929. The van der Waals surface area contributed by atoms with E-state index in [0.717, 1.165) is 38.5 Å². The summed E-state index contributed by atoms with van der Waals surface area (Å²) in [5.74, 6) is -1.62. The van der Waals surface area contributed by atoms with E-state index in [9.17, 15) is 13.2 Å². The van der Waals surface area contributed by atoms with Gasteiger partial charge >= 0.3 is 0 Å². The summed E-state index contributed by atoms with van der Waals surface area (Å²) in [6, 6.07) is 5.04. The number of ether oxygens (including phenoxy) is 1. The number of halogens is 3. The number of benzene rings is 2. The molecule has 148 valence electrons. The van der Waals surface area contributed by atoms with Crippen molar-refractivity contribution in [3.05, 3.63) is 53.9 Å². The molecule has 0 bridgehead atoms.